The van der Waals surface area contributed by atoms with Gasteiger partial charge in [0.1, 0.15) is 0 Å². The van der Waals surface area contributed by atoms with Crippen LogP contribution in [0.2, 0.25) is 0 Å². The first-order chi connectivity index (χ1) is 7.45. The molecule has 3 aromatic rings. The van der Waals surface area contributed by atoms with Gasteiger partial charge in [-0.3, -0.25) is 0 Å². The average Bonchev–Trinajstić information content (AvgIpc) is 3.01. The van der Waals surface area contributed by atoms with Crippen LogP contribution >= 0.6 is 34.0 Å². The van der Waals surface area contributed by atoms with Gasteiger partial charge in [0.05, 0.1) is 4.88 Å². The summed E-state index contributed by atoms with van der Waals surface area (Å²) in [6, 6.07) is 10.8. The van der Waals surface area contributed by atoms with Gasteiger partial charge < -0.3 is 5.48 Å². The Labute approximate surface area is 106 Å². The SMILES string of the molecule is O.c1csc(-c2ccsc2-c2cccs2)c1. The molecule has 82 valence electrons. The minimum Gasteiger partial charge on any atom is -0.412 e. The van der Waals surface area contributed by atoms with Gasteiger partial charge in [0, 0.05) is 15.3 Å². The Morgan fingerprint density at radius 2 is 1.38 bits per heavy atom. The Kier molecular flexibility index (Phi) is 3.56. The molecular weight excluding hydrogens is 256 g/mol. The number of hydrogen-bond donors (Lipinski definition) is 0. The molecule has 4 heteroatoms. The lowest BCUT2D eigenvalue weighted by atomic mass is 10.2. The van der Waals surface area contributed by atoms with Crippen molar-refractivity contribution in [2.75, 3.05) is 0 Å². The van der Waals surface area contributed by atoms with Gasteiger partial charge in [-0.25, -0.2) is 0 Å². The third-order valence-electron chi connectivity index (χ3n) is 2.20. The smallest absolute Gasteiger partial charge is 0.0529 e. The molecule has 3 rings (SSSR count). The average molecular weight is 266 g/mol. The van der Waals surface area contributed by atoms with E-state index in [-0.39, 0.29) is 5.48 Å². The molecule has 0 radical (unpaired) electrons. The Morgan fingerprint density at radius 1 is 0.688 bits per heavy atom. The zero-order valence-electron chi connectivity index (χ0n) is 8.34. The summed E-state index contributed by atoms with van der Waals surface area (Å²) in [5.74, 6) is 0. The summed E-state index contributed by atoms with van der Waals surface area (Å²) in [5.41, 5.74) is 1.37. The second-order valence-corrected chi connectivity index (χ2v) is 5.93. The molecule has 0 fully saturated rings. The van der Waals surface area contributed by atoms with Gasteiger partial charge in [-0.2, -0.15) is 0 Å². The molecule has 0 aromatic carbocycles. The van der Waals surface area contributed by atoms with Gasteiger partial charge in [0.15, 0.2) is 0 Å². The normalized spacial score (nSPS) is 10.0. The van der Waals surface area contributed by atoms with Crippen LogP contribution in [0.4, 0.5) is 0 Å². The third-order valence-corrected chi connectivity index (χ3v) is 5.06. The van der Waals surface area contributed by atoms with Crippen molar-refractivity contribution < 1.29 is 5.48 Å². The quantitative estimate of drug-likeness (QED) is 0.659. The minimum atomic E-state index is 0. The van der Waals surface area contributed by atoms with Crippen molar-refractivity contribution in [1.29, 1.82) is 0 Å². The second kappa shape index (κ2) is 4.93. The van der Waals surface area contributed by atoms with Crippen molar-refractivity contribution in [3.63, 3.8) is 0 Å². The topological polar surface area (TPSA) is 31.5 Å². The van der Waals surface area contributed by atoms with Gasteiger partial charge in [0.2, 0.25) is 0 Å². The summed E-state index contributed by atoms with van der Waals surface area (Å²) >= 11 is 5.43. The molecule has 16 heavy (non-hydrogen) atoms. The molecule has 0 spiro atoms. The largest absolute Gasteiger partial charge is 0.412 e. The molecule has 0 amide bonds. The molecular formula is C12H10OS3. The summed E-state index contributed by atoms with van der Waals surface area (Å²) in [6.07, 6.45) is 0. The fraction of sp³-hybridized carbons (Fsp3) is 0. The number of rotatable bonds is 2. The zero-order chi connectivity index (χ0) is 10.1. The third kappa shape index (κ3) is 1.97. The predicted molar refractivity (Wildman–Crippen MR) is 74.6 cm³/mol. The molecule has 0 aliphatic rings. The summed E-state index contributed by atoms with van der Waals surface area (Å²) in [4.78, 5) is 4.13. The monoisotopic (exact) mass is 266 g/mol. The van der Waals surface area contributed by atoms with Crippen LogP contribution in [-0.2, 0) is 0 Å². The summed E-state index contributed by atoms with van der Waals surface area (Å²) in [7, 11) is 0. The van der Waals surface area contributed by atoms with Gasteiger partial charge in [-0.15, -0.1) is 34.0 Å². The summed E-state index contributed by atoms with van der Waals surface area (Å²) in [5, 5.41) is 6.43. The van der Waals surface area contributed by atoms with Crippen LogP contribution < -0.4 is 0 Å². The van der Waals surface area contributed by atoms with Gasteiger partial charge in [-0.1, -0.05) is 12.1 Å². The second-order valence-electron chi connectivity index (χ2n) is 3.12. The maximum absolute atomic E-state index is 2.21. The molecule has 0 unspecified atom stereocenters. The molecule has 0 aliphatic carbocycles. The van der Waals surface area contributed by atoms with Crippen LogP contribution in [0.25, 0.3) is 20.2 Å². The standard InChI is InChI=1S/C12H8S3.H2O/c1-3-10(13-6-1)9-5-8-15-12(9)11-4-2-7-14-11;/h1-8H;1H2. The van der Waals surface area contributed by atoms with E-state index in [2.05, 4.69) is 46.5 Å². The minimum absolute atomic E-state index is 0. The van der Waals surface area contributed by atoms with E-state index >= 15 is 0 Å². The van der Waals surface area contributed by atoms with Crippen molar-refractivity contribution in [2.45, 2.75) is 0 Å². The van der Waals surface area contributed by atoms with Crippen LogP contribution in [0.15, 0.2) is 46.5 Å². The molecule has 0 aliphatic heterocycles. The molecule has 0 saturated heterocycles. The Hall–Kier alpha value is -0.940. The Bertz CT molecular complexity index is 486. The highest BCUT2D eigenvalue weighted by atomic mass is 32.1. The van der Waals surface area contributed by atoms with E-state index in [1.807, 2.05) is 22.7 Å². The van der Waals surface area contributed by atoms with Crippen molar-refractivity contribution in [3.8, 4) is 20.2 Å². The Balaban J connectivity index is 0.000000963. The Morgan fingerprint density at radius 3 is 2.00 bits per heavy atom. The van der Waals surface area contributed by atoms with Crippen molar-refractivity contribution in [3.05, 3.63) is 46.5 Å². The van der Waals surface area contributed by atoms with Crippen molar-refractivity contribution >= 4 is 34.0 Å². The van der Waals surface area contributed by atoms with E-state index in [0.717, 1.165) is 0 Å². The first-order valence-electron chi connectivity index (χ1n) is 4.60. The van der Waals surface area contributed by atoms with Gasteiger partial charge >= 0.3 is 0 Å². The maximum atomic E-state index is 2.21. The first-order valence-corrected chi connectivity index (χ1v) is 7.24. The molecule has 0 atom stereocenters. The summed E-state index contributed by atoms with van der Waals surface area (Å²) < 4.78 is 0. The lowest BCUT2D eigenvalue weighted by molar-refractivity contribution is 0.824. The van der Waals surface area contributed by atoms with Crippen molar-refractivity contribution in [1.82, 2.24) is 0 Å². The summed E-state index contributed by atoms with van der Waals surface area (Å²) in [6.45, 7) is 0. The fourth-order valence-corrected chi connectivity index (χ4v) is 4.15. The van der Waals surface area contributed by atoms with Gasteiger partial charge in [-0.05, 0) is 34.3 Å². The van der Waals surface area contributed by atoms with Crippen molar-refractivity contribution in [2.24, 2.45) is 0 Å². The highest BCUT2D eigenvalue weighted by Crippen LogP contribution is 2.40. The number of thiophene rings is 3. The molecule has 2 N–H and O–H groups in total. The predicted octanol–water partition coefficient (Wildman–Crippen LogP) is 4.38. The molecule has 0 saturated carbocycles. The van der Waals surface area contributed by atoms with Crippen LogP contribution in [0.1, 0.15) is 0 Å². The van der Waals surface area contributed by atoms with E-state index in [0.29, 0.717) is 0 Å². The molecule has 3 aromatic heterocycles. The molecule has 3 heterocycles. The van der Waals surface area contributed by atoms with E-state index in [1.54, 1.807) is 11.3 Å². The first kappa shape index (κ1) is 11.5. The highest BCUT2D eigenvalue weighted by Gasteiger charge is 2.09. The lowest BCUT2D eigenvalue weighted by Crippen LogP contribution is -1.69. The van der Waals surface area contributed by atoms with Crippen LogP contribution in [-0.4, -0.2) is 5.48 Å². The van der Waals surface area contributed by atoms with Crippen LogP contribution in [0.5, 0.6) is 0 Å². The van der Waals surface area contributed by atoms with E-state index in [9.17, 15) is 0 Å². The van der Waals surface area contributed by atoms with E-state index in [1.165, 1.54) is 20.2 Å². The molecule has 1 nitrogen and oxygen atoms in total. The van der Waals surface area contributed by atoms with E-state index in [4.69, 9.17) is 0 Å². The highest BCUT2D eigenvalue weighted by molar-refractivity contribution is 7.21. The maximum Gasteiger partial charge on any atom is 0.0529 e. The number of hydrogen-bond acceptors (Lipinski definition) is 3. The lowest BCUT2D eigenvalue weighted by Gasteiger charge is -1.97. The van der Waals surface area contributed by atoms with Crippen LogP contribution in [0.3, 0.4) is 0 Å². The van der Waals surface area contributed by atoms with Gasteiger partial charge in [0.25, 0.3) is 0 Å². The fourth-order valence-electron chi connectivity index (χ4n) is 1.53. The van der Waals surface area contributed by atoms with Crippen LogP contribution in [0, 0.1) is 0 Å². The zero-order valence-corrected chi connectivity index (χ0v) is 10.8. The van der Waals surface area contributed by atoms with E-state index < -0.39 is 0 Å². The molecule has 0 bridgehead atoms.